The van der Waals surface area contributed by atoms with Crippen LogP contribution in [-0.2, 0) is 6.54 Å². The quantitative estimate of drug-likeness (QED) is 0.896. The van der Waals surface area contributed by atoms with Gasteiger partial charge < -0.3 is 10.2 Å². The zero-order valence-corrected chi connectivity index (χ0v) is 13.7. The van der Waals surface area contributed by atoms with Crippen LogP contribution in [-0.4, -0.2) is 34.6 Å². The number of halogens is 1. The molecule has 0 atom stereocenters. The molecular weight excluding hydrogens is 340 g/mol. The summed E-state index contributed by atoms with van der Waals surface area (Å²) >= 11 is 5.02. The van der Waals surface area contributed by atoms with Crippen molar-refractivity contribution in [3.05, 3.63) is 38.6 Å². The molecule has 0 fully saturated rings. The molecule has 2 aromatic heterocycles. The Labute approximate surface area is 130 Å². The van der Waals surface area contributed by atoms with E-state index in [1.165, 1.54) is 0 Å². The number of carbonyl (C=O) groups is 1. The third-order valence-electron chi connectivity index (χ3n) is 2.60. The molecule has 1 N–H and O–H groups in total. The van der Waals surface area contributed by atoms with Gasteiger partial charge in [-0.15, -0.1) is 21.5 Å². The second-order valence-electron chi connectivity index (χ2n) is 4.23. The summed E-state index contributed by atoms with van der Waals surface area (Å²) in [5.74, 6) is 0.541. The van der Waals surface area contributed by atoms with E-state index in [2.05, 4.69) is 31.4 Å². The van der Waals surface area contributed by atoms with Crippen LogP contribution in [0.2, 0.25) is 0 Å². The van der Waals surface area contributed by atoms with E-state index in [4.69, 9.17) is 0 Å². The molecule has 0 saturated carbocycles. The summed E-state index contributed by atoms with van der Waals surface area (Å²) < 4.78 is 1.04. The molecule has 2 rings (SSSR count). The molecule has 0 aliphatic rings. The zero-order chi connectivity index (χ0) is 14.5. The van der Waals surface area contributed by atoms with Crippen molar-refractivity contribution in [2.24, 2.45) is 0 Å². The van der Waals surface area contributed by atoms with Gasteiger partial charge in [-0.2, -0.15) is 0 Å². The van der Waals surface area contributed by atoms with Gasteiger partial charge in [-0.05, 0) is 41.1 Å². The average Bonchev–Trinajstić information content (AvgIpc) is 2.84. The van der Waals surface area contributed by atoms with Gasteiger partial charge in [-0.3, -0.25) is 4.79 Å². The molecule has 0 unspecified atom stereocenters. The van der Waals surface area contributed by atoms with Crippen LogP contribution in [0.5, 0.6) is 0 Å². The van der Waals surface area contributed by atoms with Crippen LogP contribution in [0.15, 0.2) is 28.1 Å². The van der Waals surface area contributed by atoms with Crippen LogP contribution >= 0.6 is 27.3 Å². The number of rotatable bonds is 5. The summed E-state index contributed by atoms with van der Waals surface area (Å²) in [6, 6.07) is 5.46. The van der Waals surface area contributed by atoms with Crippen molar-refractivity contribution in [1.82, 2.24) is 15.1 Å². The molecule has 5 nitrogen and oxygen atoms in total. The molecule has 2 aromatic rings. The van der Waals surface area contributed by atoms with Gasteiger partial charge in [0.05, 0.1) is 6.54 Å². The number of nitrogens with zero attached hydrogens (tertiary/aromatic N) is 3. The fraction of sp³-hybridized carbons (Fsp3) is 0.308. The molecule has 20 heavy (non-hydrogen) atoms. The molecule has 0 aliphatic heterocycles. The average molecular weight is 355 g/mol. The SMILES string of the molecule is CCNc1ccc(C(=O)N(C)Cc2cc(Br)cs2)nn1. The highest BCUT2D eigenvalue weighted by Gasteiger charge is 2.14. The van der Waals surface area contributed by atoms with Gasteiger partial charge >= 0.3 is 0 Å². The number of carbonyl (C=O) groups excluding carboxylic acids is 1. The van der Waals surface area contributed by atoms with Crippen molar-refractivity contribution in [2.75, 3.05) is 18.9 Å². The number of amides is 1. The maximum absolute atomic E-state index is 12.2. The highest BCUT2D eigenvalue weighted by Crippen LogP contribution is 2.21. The first-order valence-electron chi connectivity index (χ1n) is 6.16. The van der Waals surface area contributed by atoms with Crippen LogP contribution in [0.25, 0.3) is 0 Å². The molecular formula is C13H15BrN4OS. The molecule has 0 spiro atoms. The van der Waals surface area contributed by atoms with E-state index in [0.717, 1.165) is 15.9 Å². The van der Waals surface area contributed by atoms with E-state index < -0.39 is 0 Å². The first-order valence-corrected chi connectivity index (χ1v) is 7.83. The highest BCUT2D eigenvalue weighted by molar-refractivity contribution is 9.10. The molecule has 1 amide bonds. The summed E-state index contributed by atoms with van der Waals surface area (Å²) in [6.45, 7) is 3.31. The van der Waals surface area contributed by atoms with Crippen LogP contribution in [0.4, 0.5) is 5.82 Å². The molecule has 0 bridgehead atoms. The lowest BCUT2D eigenvalue weighted by Crippen LogP contribution is -2.27. The first kappa shape index (κ1) is 14.9. The predicted molar refractivity (Wildman–Crippen MR) is 84.0 cm³/mol. The third-order valence-corrected chi connectivity index (χ3v) is 4.29. The normalized spacial score (nSPS) is 10.3. The van der Waals surface area contributed by atoms with Crippen molar-refractivity contribution in [3.8, 4) is 0 Å². The summed E-state index contributed by atoms with van der Waals surface area (Å²) in [5, 5.41) is 13.0. The van der Waals surface area contributed by atoms with E-state index in [9.17, 15) is 4.79 Å². The summed E-state index contributed by atoms with van der Waals surface area (Å²) in [5.41, 5.74) is 0.352. The number of anilines is 1. The fourth-order valence-electron chi connectivity index (χ4n) is 1.66. The van der Waals surface area contributed by atoms with E-state index in [1.54, 1.807) is 35.4 Å². The molecule has 0 aromatic carbocycles. The van der Waals surface area contributed by atoms with Gasteiger partial charge in [0.15, 0.2) is 5.69 Å². The maximum Gasteiger partial charge on any atom is 0.274 e. The van der Waals surface area contributed by atoms with Gasteiger partial charge in [-0.1, -0.05) is 0 Å². The van der Waals surface area contributed by atoms with Crippen LogP contribution < -0.4 is 5.32 Å². The zero-order valence-electron chi connectivity index (χ0n) is 11.3. The molecule has 7 heteroatoms. The van der Waals surface area contributed by atoms with Crippen LogP contribution in [0.1, 0.15) is 22.3 Å². The number of hydrogen-bond acceptors (Lipinski definition) is 5. The fourth-order valence-corrected chi connectivity index (χ4v) is 3.16. The van der Waals surface area contributed by atoms with E-state index >= 15 is 0 Å². The number of hydrogen-bond donors (Lipinski definition) is 1. The standard InChI is InChI=1S/C13H15BrN4OS/c1-3-15-12-5-4-11(16-17-12)13(19)18(2)7-10-6-9(14)8-20-10/h4-6,8H,3,7H2,1-2H3,(H,15,17). The van der Waals surface area contributed by atoms with Crippen LogP contribution in [0.3, 0.4) is 0 Å². The number of nitrogens with one attached hydrogen (secondary N) is 1. The number of aromatic nitrogens is 2. The number of thiophene rings is 1. The molecule has 0 radical (unpaired) electrons. The second kappa shape index (κ2) is 6.81. The van der Waals surface area contributed by atoms with Gasteiger partial charge in [0.2, 0.25) is 0 Å². The van der Waals surface area contributed by atoms with Crippen LogP contribution in [0, 0.1) is 0 Å². The minimum absolute atomic E-state index is 0.134. The van der Waals surface area contributed by atoms with E-state index in [-0.39, 0.29) is 5.91 Å². The largest absolute Gasteiger partial charge is 0.369 e. The molecule has 106 valence electrons. The Bertz CT molecular complexity index is 584. The van der Waals surface area contributed by atoms with Crippen molar-refractivity contribution >= 4 is 39.0 Å². The van der Waals surface area contributed by atoms with Crippen molar-refractivity contribution in [3.63, 3.8) is 0 Å². The maximum atomic E-state index is 12.2. The van der Waals surface area contributed by atoms with Gasteiger partial charge in [0, 0.05) is 28.3 Å². The molecule has 2 heterocycles. The van der Waals surface area contributed by atoms with Crippen molar-refractivity contribution in [1.29, 1.82) is 0 Å². The van der Waals surface area contributed by atoms with E-state index in [0.29, 0.717) is 18.1 Å². The summed E-state index contributed by atoms with van der Waals surface area (Å²) in [6.07, 6.45) is 0. The Morgan fingerprint density at radius 1 is 1.45 bits per heavy atom. The Hall–Kier alpha value is -1.47. The van der Waals surface area contributed by atoms with E-state index in [1.807, 2.05) is 18.4 Å². The summed E-state index contributed by atoms with van der Waals surface area (Å²) in [7, 11) is 1.76. The van der Waals surface area contributed by atoms with Crippen molar-refractivity contribution < 1.29 is 4.79 Å². The second-order valence-corrected chi connectivity index (χ2v) is 6.14. The van der Waals surface area contributed by atoms with Gasteiger partial charge in [0.1, 0.15) is 5.82 Å². The van der Waals surface area contributed by atoms with Gasteiger partial charge in [-0.25, -0.2) is 0 Å². The Morgan fingerprint density at radius 2 is 2.25 bits per heavy atom. The summed E-state index contributed by atoms with van der Waals surface area (Å²) in [4.78, 5) is 15.0. The minimum atomic E-state index is -0.134. The Morgan fingerprint density at radius 3 is 2.80 bits per heavy atom. The monoisotopic (exact) mass is 354 g/mol. The topological polar surface area (TPSA) is 58.1 Å². The first-order chi connectivity index (χ1) is 9.60. The van der Waals surface area contributed by atoms with Crippen molar-refractivity contribution in [2.45, 2.75) is 13.5 Å². The highest BCUT2D eigenvalue weighted by atomic mass is 79.9. The smallest absolute Gasteiger partial charge is 0.274 e. The lowest BCUT2D eigenvalue weighted by molar-refractivity contribution is 0.0779. The molecule has 0 saturated heterocycles. The lowest BCUT2D eigenvalue weighted by atomic mass is 10.3. The predicted octanol–water partition coefficient (Wildman–Crippen LogP) is 3.00. The Balaban J connectivity index is 2.02. The molecule has 0 aliphatic carbocycles. The third kappa shape index (κ3) is 3.77. The lowest BCUT2D eigenvalue weighted by Gasteiger charge is -2.15. The minimum Gasteiger partial charge on any atom is -0.369 e. The Kier molecular flexibility index (Phi) is 5.08. The van der Waals surface area contributed by atoms with Gasteiger partial charge in [0.25, 0.3) is 5.91 Å².